The van der Waals surface area contributed by atoms with Gasteiger partial charge in [-0.25, -0.2) is 0 Å². The van der Waals surface area contributed by atoms with Crippen LogP contribution < -0.4 is 15.0 Å². The summed E-state index contributed by atoms with van der Waals surface area (Å²) in [7, 11) is 1.67. The third-order valence-electron chi connectivity index (χ3n) is 6.00. The molecule has 0 saturated carbocycles. The van der Waals surface area contributed by atoms with Gasteiger partial charge in [-0.1, -0.05) is 49.8 Å². The van der Waals surface area contributed by atoms with E-state index >= 15 is 0 Å². The number of nitrogens with one attached hydrogen (secondary N) is 1. The van der Waals surface area contributed by atoms with Crippen LogP contribution in [-0.2, 0) is 10.2 Å². The van der Waals surface area contributed by atoms with Crippen molar-refractivity contribution in [2.75, 3.05) is 18.6 Å². The number of hydrogen-bond donors (Lipinski definition) is 1. The van der Waals surface area contributed by atoms with E-state index in [1.165, 1.54) is 16.8 Å². The fourth-order valence-electron chi connectivity index (χ4n) is 4.43. The summed E-state index contributed by atoms with van der Waals surface area (Å²) in [6.07, 6.45) is 4.74. The maximum absolute atomic E-state index is 12.4. The van der Waals surface area contributed by atoms with Gasteiger partial charge in [-0.05, 0) is 42.3 Å². The second-order valence-electron chi connectivity index (χ2n) is 7.97. The maximum Gasteiger partial charge on any atom is 0.223 e. The van der Waals surface area contributed by atoms with Gasteiger partial charge in [0.1, 0.15) is 11.4 Å². The molecule has 2 aromatic carbocycles. The molecule has 1 saturated heterocycles. The van der Waals surface area contributed by atoms with Crippen molar-refractivity contribution in [3.8, 4) is 5.75 Å². The molecule has 140 valence electrons. The summed E-state index contributed by atoms with van der Waals surface area (Å²) < 4.78 is 5.34. The Balaban J connectivity index is 1.83. The van der Waals surface area contributed by atoms with Crippen molar-refractivity contribution in [2.24, 2.45) is 0 Å². The Kier molecular flexibility index (Phi) is 4.02. The number of hydrogen-bond acceptors (Lipinski definition) is 3. The fraction of sp³-hybridized carbons (Fsp3) is 0.348. The van der Waals surface area contributed by atoms with Gasteiger partial charge in [0, 0.05) is 24.1 Å². The van der Waals surface area contributed by atoms with E-state index in [9.17, 15) is 4.79 Å². The molecule has 2 aliphatic rings. The second-order valence-corrected chi connectivity index (χ2v) is 7.97. The zero-order valence-electron chi connectivity index (χ0n) is 16.4. The molecule has 1 unspecified atom stereocenters. The minimum atomic E-state index is -0.582. The number of carbonyl (C=O) groups is 1. The van der Waals surface area contributed by atoms with Crippen LogP contribution in [0.1, 0.15) is 37.0 Å². The normalized spacial score (nSPS) is 23.1. The van der Waals surface area contributed by atoms with Crippen molar-refractivity contribution in [1.29, 1.82) is 0 Å². The van der Waals surface area contributed by atoms with Crippen LogP contribution >= 0.6 is 0 Å². The van der Waals surface area contributed by atoms with E-state index in [2.05, 4.69) is 61.3 Å². The number of amides is 1. The van der Waals surface area contributed by atoms with Crippen LogP contribution in [0.15, 0.2) is 48.5 Å². The molecular weight excluding hydrogens is 336 g/mol. The van der Waals surface area contributed by atoms with Gasteiger partial charge in [-0.2, -0.15) is 0 Å². The Bertz CT molecular complexity index is 932. The lowest BCUT2D eigenvalue weighted by Crippen LogP contribution is -2.68. The van der Waals surface area contributed by atoms with E-state index in [4.69, 9.17) is 4.74 Å². The van der Waals surface area contributed by atoms with Crippen LogP contribution in [0, 0.1) is 6.92 Å². The SMILES string of the molecule is COc1cccc(C=CC23NC(=O)CCN2c2ccc(C)cc2C3(C)C)c1. The summed E-state index contributed by atoms with van der Waals surface area (Å²) in [5.41, 5.74) is 3.92. The van der Waals surface area contributed by atoms with Crippen LogP contribution in [0.3, 0.4) is 0 Å². The molecule has 0 radical (unpaired) electrons. The predicted octanol–water partition coefficient (Wildman–Crippen LogP) is 4.03. The first-order valence-corrected chi connectivity index (χ1v) is 9.40. The van der Waals surface area contributed by atoms with Crippen molar-refractivity contribution in [3.63, 3.8) is 0 Å². The van der Waals surface area contributed by atoms with Crippen LogP contribution in [0.4, 0.5) is 5.69 Å². The number of nitrogens with zero attached hydrogens (tertiary/aromatic N) is 1. The average Bonchev–Trinajstić information content (AvgIpc) is 2.84. The van der Waals surface area contributed by atoms with Gasteiger partial charge in [-0.3, -0.25) is 4.79 Å². The molecule has 4 nitrogen and oxygen atoms in total. The quantitative estimate of drug-likeness (QED) is 0.896. The molecule has 0 bridgehead atoms. The van der Waals surface area contributed by atoms with Gasteiger partial charge in [0.05, 0.1) is 7.11 Å². The number of carbonyl (C=O) groups excluding carboxylic acids is 1. The van der Waals surface area contributed by atoms with Crippen molar-refractivity contribution < 1.29 is 9.53 Å². The van der Waals surface area contributed by atoms with Crippen LogP contribution in [-0.4, -0.2) is 25.2 Å². The van der Waals surface area contributed by atoms with Gasteiger partial charge in [-0.15, -0.1) is 0 Å². The Morgan fingerprint density at radius 3 is 2.78 bits per heavy atom. The third-order valence-corrected chi connectivity index (χ3v) is 6.00. The highest BCUT2D eigenvalue weighted by Crippen LogP contribution is 2.52. The summed E-state index contributed by atoms with van der Waals surface area (Å²) >= 11 is 0. The molecule has 1 atom stereocenters. The lowest BCUT2D eigenvalue weighted by atomic mass is 9.74. The zero-order chi connectivity index (χ0) is 19.2. The number of anilines is 1. The first-order valence-electron chi connectivity index (χ1n) is 9.40. The number of aryl methyl sites for hydroxylation is 1. The third kappa shape index (κ3) is 2.62. The molecule has 0 aromatic heterocycles. The lowest BCUT2D eigenvalue weighted by molar-refractivity contribution is -0.124. The standard InChI is InChI=1S/C23H26N2O2/c1-16-8-9-20-19(14-16)22(2,3)23(24-21(26)11-13-25(20)23)12-10-17-6-5-7-18(15-17)27-4/h5-10,12,14-15H,11,13H2,1-4H3,(H,24,26). The van der Waals surface area contributed by atoms with Crippen molar-refractivity contribution >= 4 is 17.7 Å². The molecule has 0 spiro atoms. The molecule has 1 fully saturated rings. The van der Waals surface area contributed by atoms with E-state index in [0.29, 0.717) is 13.0 Å². The highest BCUT2D eigenvalue weighted by molar-refractivity contribution is 5.84. The molecule has 4 heteroatoms. The molecule has 0 aliphatic carbocycles. The fourth-order valence-corrected chi connectivity index (χ4v) is 4.43. The summed E-state index contributed by atoms with van der Waals surface area (Å²) in [4.78, 5) is 14.8. The molecule has 1 amide bonds. The number of ether oxygens (including phenoxy) is 1. The minimum absolute atomic E-state index is 0.0964. The van der Waals surface area contributed by atoms with Crippen molar-refractivity contribution in [1.82, 2.24) is 5.32 Å². The van der Waals surface area contributed by atoms with E-state index in [0.717, 1.165) is 11.3 Å². The molecule has 2 heterocycles. The average molecular weight is 362 g/mol. The van der Waals surface area contributed by atoms with Gasteiger partial charge in [0.2, 0.25) is 5.91 Å². The highest BCUT2D eigenvalue weighted by atomic mass is 16.5. The van der Waals surface area contributed by atoms with Crippen molar-refractivity contribution in [3.05, 3.63) is 65.2 Å². The molecule has 4 rings (SSSR count). The van der Waals surface area contributed by atoms with Crippen LogP contribution in [0.5, 0.6) is 5.75 Å². The van der Waals surface area contributed by atoms with E-state index in [1.807, 2.05) is 24.3 Å². The Morgan fingerprint density at radius 1 is 1.19 bits per heavy atom. The Labute approximate surface area is 160 Å². The number of fused-ring (bicyclic) bond motifs is 3. The monoisotopic (exact) mass is 362 g/mol. The molecule has 27 heavy (non-hydrogen) atoms. The predicted molar refractivity (Wildman–Crippen MR) is 109 cm³/mol. The first-order chi connectivity index (χ1) is 12.9. The Hall–Kier alpha value is -2.75. The van der Waals surface area contributed by atoms with Crippen LogP contribution in [0.25, 0.3) is 6.08 Å². The van der Waals surface area contributed by atoms with E-state index in [1.54, 1.807) is 7.11 Å². The highest BCUT2D eigenvalue weighted by Gasteiger charge is 2.57. The molecule has 2 aliphatic heterocycles. The van der Waals surface area contributed by atoms with E-state index in [-0.39, 0.29) is 11.3 Å². The van der Waals surface area contributed by atoms with Gasteiger partial charge >= 0.3 is 0 Å². The lowest BCUT2D eigenvalue weighted by Gasteiger charge is -2.49. The molecule has 2 aromatic rings. The number of methoxy groups -OCH3 is 1. The summed E-state index contributed by atoms with van der Waals surface area (Å²) in [6, 6.07) is 14.5. The number of rotatable bonds is 3. The number of benzene rings is 2. The Morgan fingerprint density at radius 2 is 2.00 bits per heavy atom. The topological polar surface area (TPSA) is 41.6 Å². The van der Waals surface area contributed by atoms with Crippen LogP contribution in [0.2, 0.25) is 0 Å². The molecule has 1 N–H and O–H groups in total. The summed E-state index contributed by atoms with van der Waals surface area (Å²) in [6.45, 7) is 7.26. The van der Waals surface area contributed by atoms with E-state index < -0.39 is 5.66 Å². The van der Waals surface area contributed by atoms with Gasteiger partial charge in [0.25, 0.3) is 0 Å². The smallest absolute Gasteiger partial charge is 0.223 e. The summed E-state index contributed by atoms with van der Waals surface area (Å²) in [5.74, 6) is 0.919. The van der Waals surface area contributed by atoms with Crippen molar-refractivity contribution in [2.45, 2.75) is 38.3 Å². The second kappa shape index (κ2) is 6.15. The maximum atomic E-state index is 12.4. The first kappa shape index (κ1) is 17.7. The summed E-state index contributed by atoms with van der Waals surface area (Å²) in [5, 5.41) is 3.32. The zero-order valence-corrected chi connectivity index (χ0v) is 16.4. The minimum Gasteiger partial charge on any atom is -0.497 e. The van der Waals surface area contributed by atoms with Gasteiger partial charge in [0.15, 0.2) is 0 Å². The molecular formula is C23H26N2O2. The largest absolute Gasteiger partial charge is 0.497 e. The van der Waals surface area contributed by atoms with Gasteiger partial charge < -0.3 is 15.0 Å².